The molecule has 15 heavy (non-hydrogen) atoms. The number of carbonyl (C=O) groups is 1. The van der Waals surface area contributed by atoms with Gasteiger partial charge < -0.3 is 0 Å². The molecule has 0 spiro atoms. The topological polar surface area (TPSA) is 69.0 Å². The van der Waals surface area contributed by atoms with Crippen LogP contribution in [0, 0.1) is 0 Å². The van der Waals surface area contributed by atoms with E-state index in [4.69, 9.17) is 0 Å². The van der Waals surface area contributed by atoms with Gasteiger partial charge in [-0.1, -0.05) is 0 Å². The van der Waals surface area contributed by atoms with E-state index < -0.39 is 9.84 Å². The Kier molecular flexibility index (Phi) is 2.38. The normalized spacial score (nSPS) is 18.5. The van der Waals surface area contributed by atoms with Crippen molar-refractivity contribution in [2.24, 2.45) is 0 Å². The molecular formula is C9H12N2O3S. The molecule has 6 heteroatoms. The van der Waals surface area contributed by atoms with Crippen molar-refractivity contribution < 1.29 is 13.2 Å². The molecule has 1 aromatic heterocycles. The number of carbonyl (C=O) groups excluding carboxylic acids is 1. The molecule has 0 amide bonds. The number of fused-ring (bicyclic) bond motifs is 1. The summed E-state index contributed by atoms with van der Waals surface area (Å²) in [6.45, 7) is 2.46. The van der Waals surface area contributed by atoms with E-state index in [-0.39, 0.29) is 11.5 Å². The number of rotatable bonds is 2. The second-order valence-corrected chi connectivity index (χ2v) is 5.77. The van der Waals surface area contributed by atoms with E-state index in [9.17, 15) is 13.2 Å². The van der Waals surface area contributed by atoms with Crippen molar-refractivity contribution in [3.05, 3.63) is 17.0 Å². The largest absolute Gasteiger partial charge is 0.296 e. The first-order valence-corrected chi connectivity index (χ1v) is 6.63. The lowest BCUT2D eigenvalue weighted by Crippen LogP contribution is -2.18. The van der Waals surface area contributed by atoms with Gasteiger partial charge in [-0.3, -0.25) is 9.48 Å². The molecule has 0 atom stereocenters. The molecule has 0 bridgehead atoms. The van der Waals surface area contributed by atoms with Crippen LogP contribution in [0.5, 0.6) is 0 Å². The number of hydrogen-bond acceptors (Lipinski definition) is 4. The summed E-state index contributed by atoms with van der Waals surface area (Å²) >= 11 is 0. The molecule has 0 unspecified atom stereocenters. The van der Waals surface area contributed by atoms with Gasteiger partial charge in [-0.2, -0.15) is 5.10 Å². The molecule has 1 aliphatic rings. The Labute approximate surface area is 88.0 Å². The predicted octanol–water partition coefficient (Wildman–Crippen LogP) is 0.186. The molecule has 0 N–H and O–H groups in total. The highest BCUT2D eigenvalue weighted by atomic mass is 32.2. The van der Waals surface area contributed by atoms with Crippen LogP contribution < -0.4 is 0 Å². The maximum Gasteiger partial charge on any atom is 0.168 e. The Bertz CT molecular complexity index is 502. The van der Waals surface area contributed by atoms with Crippen molar-refractivity contribution >= 4 is 16.1 Å². The summed E-state index contributed by atoms with van der Waals surface area (Å²) in [4.78, 5) is 10.9. The Morgan fingerprint density at radius 1 is 1.53 bits per heavy atom. The number of aldehydes is 1. The average Bonchev–Trinajstić information content (AvgIpc) is 2.53. The highest BCUT2D eigenvalue weighted by Gasteiger charge is 2.27. The van der Waals surface area contributed by atoms with Crippen LogP contribution in [0.3, 0.4) is 0 Å². The Hall–Kier alpha value is -1.17. The molecule has 1 aliphatic heterocycles. The molecule has 2 rings (SSSR count). The zero-order valence-corrected chi connectivity index (χ0v) is 9.25. The van der Waals surface area contributed by atoms with Crippen LogP contribution in [-0.2, 0) is 28.6 Å². The quantitative estimate of drug-likeness (QED) is 0.677. The summed E-state index contributed by atoms with van der Waals surface area (Å²) in [5.74, 6) is 0.0927. The summed E-state index contributed by atoms with van der Waals surface area (Å²) in [6, 6.07) is 0. The summed E-state index contributed by atoms with van der Waals surface area (Å²) in [5.41, 5.74) is 1.77. The van der Waals surface area contributed by atoms with Gasteiger partial charge in [-0.05, 0) is 6.92 Å². The first-order chi connectivity index (χ1) is 7.07. The molecule has 1 aromatic rings. The molecule has 0 aliphatic carbocycles. The van der Waals surface area contributed by atoms with Gasteiger partial charge in [-0.15, -0.1) is 0 Å². The van der Waals surface area contributed by atoms with E-state index in [1.165, 1.54) is 0 Å². The third-order valence-electron chi connectivity index (χ3n) is 2.60. The standard InChI is InChI=1S/C9H12N2O3S/c1-2-11-9(5-12)7-6-15(13,14)4-3-8(7)10-11/h5H,2-4,6H2,1H3. The maximum absolute atomic E-state index is 11.4. The fraction of sp³-hybridized carbons (Fsp3) is 0.556. The highest BCUT2D eigenvalue weighted by molar-refractivity contribution is 7.90. The van der Waals surface area contributed by atoms with Gasteiger partial charge >= 0.3 is 0 Å². The van der Waals surface area contributed by atoms with E-state index in [2.05, 4.69) is 5.10 Å². The van der Waals surface area contributed by atoms with Crippen LogP contribution in [0.25, 0.3) is 0 Å². The summed E-state index contributed by atoms with van der Waals surface area (Å²) in [6.07, 6.45) is 1.11. The molecule has 5 nitrogen and oxygen atoms in total. The smallest absolute Gasteiger partial charge is 0.168 e. The van der Waals surface area contributed by atoms with E-state index in [1.54, 1.807) is 4.68 Å². The van der Waals surface area contributed by atoms with E-state index in [0.29, 0.717) is 30.5 Å². The van der Waals surface area contributed by atoms with Crippen molar-refractivity contribution in [1.82, 2.24) is 9.78 Å². The zero-order chi connectivity index (χ0) is 11.1. The van der Waals surface area contributed by atoms with Gasteiger partial charge in [-0.25, -0.2) is 8.42 Å². The monoisotopic (exact) mass is 228 g/mol. The van der Waals surface area contributed by atoms with Crippen molar-refractivity contribution in [3.8, 4) is 0 Å². The van der Waals surface area contributed by atoms with Crippen LogP contribution in [0.4, 0.5) is 0 Å². The van der Waals surface area contributed by atoms with Crippen molar-refractivity contribution in [1.29, 1.82) is 0 Å². The minimum absolute atomic E-state index is 0.0452. The van der Waals surface area contributed by atoms with Crippen LogP contribution >= 0.6 is 0 Å². The lowest BCUT2D eigenvalue weighted by atomic mass is 10.2. The minimum atomic E-state index is -3.04. The fourth-order valence-electron chi connectivity index (χ4n) is 1.84. The summed E-state index contributed by atoms with van der Waals surface area (Å²) in [7, 11) is -3.04. The number of aryl methyl sites for hydroxylation is 2. The zero-order valence-electron chi connectivity index (χ0n) is 8.43. The second kappa shape index (κ2) is 3.44. The lowest BCUT2D eigenvalue weighted by molar-refractivity contribution is 0.111. The predicted molar refractivity (Wildman–Crippen MR) is 54.5 cm³/mol. The Balaban J connectivity index is 2.57. The van der Waals surface area contributed by atoms with Gasteiger partial charge in [0.15, 0.2) is 16.1 Å². The first-order valence-electron chi connectivity index (χ1n) is 4.81. The van der Waals surface area contributed by atoms with Crippen molar-refractivity contribution in [2.75, 3.05) is 5.75 Å². The van der Waals surface area contributed by atoms with Crippen LogP contribution in [0.2, 0.25) is 0 Å². The first kappa shape index (κ1) is 10.4. The Morgan fingerprint density at radius 3 is 2.87 bits per heavy atom. The van der Waals surface area contributed by atoms with Gasteiger partial charge in [0.2, 0.25) is 0 Å². The molecule has 0 aromatic carbocycles. The summed E-state index contributed by atoms with van der Waals surface area (Å²) in [5, 5.41) is 4.23. The number of sulfone groups is 1. The second-order valence-electron chi connectivity index (χ2n) is 3.59. The third kappa shape index (κ3) is 1.69. The highest BCUT2D eigenvalue weighted by Crippen LogP contribution is 2.22. The van der Waals surface area contributed by atoms with Crippen LogP contribution in [-0.4, -0.2) is 30.2 Å². The number of nitrogens with zero attached hydrogens (tertiary/aromatic N) is 2. The van der Waals surface area contributed by atoms with Crippen molar-refractivity contribution in [2.45, 2.75) is 25.6 Å². The molecule has 82 valence electrons. The minimum Gasteiger partial charge on any atom is -0.296 e. The van der Waals surface area contributed by atoms with Crippen LogP contribution in [0.15, 0.2) is 0 Å². The molecule has 0 radical (unpaired) electrons. The molecule has 2 heterocycles. The third-order valence-corrected chi connectivity index (χ3v) is 4.16. The van der Waals surface area contributed by atoms with Gasteiger partial charge in [0.25, 0.3) is 0 Å². The van der Waals surface area contributed by atoms with E-state index in [1.807, 2.05) is 6.92 Å². The molecule has 0 saturated carbocycles. The van der Waals surface area contributed by atoms with Gasteiger partial charge in [0.1, 0.15) is 5.69 Å². The van der Waals surface area contributed by atoms with Gasteiger partial charge in [0, 0.05) is 18.5 Å². The Morgan fingerprint density at radius 2 is 2.27 bits per heavy atom. The summed E-state index contributed by atoms with van der Waals surface area (Å²) < 4.78 is 24.4. The van der Waals surface area contributed by atoms with E-state index in [0.717, 1.165) is 5.69 Å². The van der Waals surface area contributed by atoms with Gasteiger partial charge in [0.05, 0.1) is 17.2 Å². The molecule has 0 fully saturated rings. The van der Waals surface area contributed by atoms with Crippen LogP contribution in [0.1, 0.15) is 28.7 Å². The lowest BCUT2D eigenvalue weighted by Gasteiger charge is -2.10. The molecule has 0 saturated heterocycles. The average molecular weight is 228 g/mol. The number of aromatic nitrogens is 2. The maximum atomic E-state index is 11.4. The fourth-order valence-corrected chi connectivity index (χ4v) is 3.24. The van der Waals surface area contributed by atoms with Crippen molar-refractivity contribution in [3.63, 3.8) is 0 Å². The van der Waals surface area contributed by atoms with E-state index >= 15 is 0 Å². The number of hydrogen-bond donors (Lipinski definition) is 0. The SMILES string of the molecule is CCn1nc2c(c1C=O)CS(=O)(=O)CC2. The molecular weight excluding hydrogens is 216 g/mol.